The highest BCUT2D eigenvalue weighted by Gasteiger charge is 2.03. The van der Waals surface area contributed by atoms with Gasteiger partial charge in [-0.05, 0) is 24.9 Å². The predicted octanol–water partition coefficient (Wildman–Crippen LogP) is 3.55. The molecule has 1 rings (SSSR count). The molecule has 0 atom stereocenters. The van der Waals surface area contributed by atoms with E-state index in [4.69, 9.17) is 5.73 Å². The molecule has 1 nitrogen and oxygen atoms in total. The zero-order valence-electron chi connectivity index (χ0n) is 8.46. The summed E-state index contributed by atoms with van der Waals surface area (Å²) in [5, 5.41) is 0. The van der Waals surface area contributed by atoms with Crippen LogP contribution >= 0.6 is 15.9 Å². The van der Waals surface area contributed by atoms with E-state index in [9.17, 15) is 0 Å². The Balaban J connectivity index is 2.95. The predicted molar refractivity (Wildman–Crippen MR) is 66.3 cm³/mol. The van der Waals surface area contributed by atoms with Gasteiger partial charge < -0.3 is 5.73 Å². The minimum atomic E-state index is 0.713. The molecule has 14 heavy (non-hydrogen) atoms. The smallest absolute Gasteiger partial charge is 0.0240 e. The highest BCUT2D eigenvalue weighted by molar-refractivity contribution is 9.15. The summed E-state index contributed by atoms with van der Waals surface area (Å²) in [5.74, 6) is 0. The molecule has 0 amide bonds. The zero-order valence-corrected chi connectivity index (χ0v) is 10.0. The third-order valence-corrected chi connectivity index (χ3v) is 3.23. The van der Waals surface area contributed by atoms with Gasteiger partial charge in [0.05, 0.1) is 0 Å². The van der Waals surface area contributed by atoms with Gasteiger partial charge in [-0.1, -0.05) is 58.8 Å². The second-order valence-electron chi connectivity index (χ2n) is 3.18. The first-order chi connectivity index (χ1) is 6.79. The lowest BCUT2D eigenvalue weighted by molar-refractivity contribution is 0.901. The zero-order chi connectivity index (χ0) is 10.4. The molecule has 0 aliphatic heterocycles. The van der Waals surface area contributed by atoms with Crippen LogP contribution in [0.3, 0.4) is 0 Å². The maximum atomic E-state index is 5.57. The molecule has 2 heteroatoms. The Bertz CT molecular complexity index is 303. The van der Waals surface area contributed by atoms with Crippen LogP contribution in [0.2, 0.25) is 0 Å². The fourth-order valence-corrected chi connectivity index (χ4v) is 2.15. The molecule has 1 aromatic rings. The van der Waals surface area contributed by atoms with Gasteiger partial charge in [0, 0.05) is 4.48 Å². The SMILES string of the molecule is CC/C(CCN)=C(/Br)c1ccccc1. The molecule has 0 aliphatic carbocycles. The topological polar surface area (TPSA) is 26.0 Å². The number of nitrogens with two attached hydrogens (primary N) is 1. The van der Waals surface area contributed by atoms with Gasteiger partial charge >= 0.3 is 0 Å². The van der Waals surface area contributed by atoms with Crippen molar-refractivity contribution in [2.24, 2.45) is 5.73 Å². The average molecular weight is 254 g/mol. The second kappa shape index (κ2) is 5.99. The molecule has 0 aliphatic rings. The molecule has 0 bridgehead atoms. The van der Waals surface area contributed by atoms with Crippen molar-refractivity contribution >= 4 is 20.4 Å². The summed E-state index contributed by atoms with van der Waals surface area (Å²) in [6, 6.07) is 10.3. The van der Waals surface area contributed by atoms with Crippen LogP contribution < -0.4 is 5.73 Å². The number of rotatable bonds is 4. The molecule has 1 aromatic carbocycles. The molecule has 0 heterocycles. The van der Waals surface area contributed by atoms with Crippen LogP contribution in [0.25, 0.3) is 4.48 Å². The van der Waals surface area contributed by atoms with Crippen LogP contribution in [0.15, 0.2) is 35.9 Å². The standard InChI is InChI=1S/C12H16BrN/c1-2-10(8-9-14)12(13)11-6-4-3-5-7-11/h3-7H,2,8-9,14H2,1H3/b12-10-. The quantitative estimate of drug-likeness (QED) is 0.873. The molecular formula is C12H16BrN. The van der Waals surface area contributed by atoms with Gasteiger partial charge in [0.15, 0.2) is 0 Å². The summed E-state index contributed by atoms with van der Waals surface area (Å²) in [6.45, 7) is 2.88. The summed E-state index contributed by atoms with van der Waals surface area (Å²) >= 11 is 3.64. The fraction of sp³-hybridized carbons (Fsp3) is 0.333. The van der Waals surface area contributed by atoms with E-state index in [0.29, 0.717) is 6.54 Å². The van der Waals surface area contributed by atoms with E-state index in [0.717, 1.165) is 12.8 Å². The Hall–Kier alpha value is -0.600. The summed E-state index contributed by atoms with van der Waals surface area (Å²) < 4.78 is 1.20. The first-order valence-electron chi connectivity index (χ1n) is 4.92. The van der Waals surface area contributed by atoms with Crippen molar-refractivity contribution < 1.29 is 0 Å². The van der Waals surface area contributed by atoms with Gasteiger partial charge in [0.1, 0.15) is 0 Å². The summed E-state index contributed by atoms with van der Waals surface area (Å²) in [4.78, 5) is 0. The molecule has 0 saturated carbocycles. The first kappa shape index (κ1) is 11.5. The van der Waals surface area contributed by atoms with Gasteiger partial charge in [-0.2, -0.15) is 0 Å². The molecule has 0 fully saturated rings. The highest BCUT2D eigenvalue weighted by Crippen LogP contribution is 2.28. The molecule has 0 aromatic heterocycles. The Morgan fingerprint density at radius 3 is 2.43 bits per heavy atom. The van der Waals surface area contributed by atoms with Crippen molar-refractivity contribution in [2.75, 3.05) is 6.54 Å². The van der Waals surface area contributed by atoms with Crippen LogP contribution in [-0.2, 0) is 0 Å². The van der Waals surface area contributed by atoms with Crippen molar-refractivity contribution in [3.63, 3.8) is 0 Å². The van der Waals surface area contributed by atoms with E-state index in [2.05, 4.69) is 35.0 Å². The van der Waals surface area contributed by atoms with E-state index in [-0.39, 0.29) is 0 Å². The van der Waals surface area contributed by atoms with Crippen molar-refractivity contribution in [1.29, 1.82) is 0 Å². The number of hydrogen-bond acceptors (Lipinski definition) is 1. The van der Waals surface area contributed by atoms with Gasteiger partial charge in [-0.25, -0.2) is 0 Å². The highest BCUT2D eigenvalue weighted by atomic mass is 79.9. The van der Waals surface area contributed by atoms with E-state index >= 15 is 0 Å². The molecule has 76 valence electrons. The Labute approximate surface area is 94.1 Å². The Morgan fingerprint density at radius 2 is 1.93 bits per heavy atom. The Kier molecular flexibility index (Phi) is 4.91. The van der Waals surface area contributed by atoms with E-state index in [1.165, 1.54) is 15.6 Å². The van der Waals surface area contributed by atoms with E-state index in [1.54, 1.807) is 0 Å². The fourth-order valence-electron chi connectivity index (χ4n) is 1.40. The van der Waals surface area contributed by atoms with Gasteiger partial charge in [0.2, 0.25) is 0 Å². The lowest BCUT2D eigenvalue weighted by atomic mass is 10.1. The maximum Gasteiger partial charge on any atom is 0.0240 e. The number of halogens is 1. The summed E-state index contributed by atoms with van der Waals surface area (Å²) in [6.07, 6.45) is 2.01. The van der Waals surface area contributed by atoms with Crippen LogP contribution in [0, 0.1) is 0 Å². The van der Waals surface area contributed by atoms with E-state index < -0.39 is 0 Å². The van der Waals surface area contributed by atoms with Crippen molar-refractivity contribution in [3.8, 4) is 0 Å². The monoisotopic (exact) mass is 253 g/mol. The van der Waals surface area contributed by atoms with Crippen LogP contribution in [0.5, 0.6) is 0 Å². The summed E-state index contributed by atoms with van der Waals surface area (Å²) in [5.41, 5.74) is 8.19. The van der Waals surface area contributed by atoms with Crippen LogP contribution in [-0.4, -0.2) is 6.54 Å². The van der Waals surface area contributed by atoms with Crippen molar-refractivity contribution in [2.45, 2.75) is 19.8 Å². The van der Waals surface area contributed by atoms with Crippen molar-refractivity contribution in [1.82, 2.24) is 0 Å². The molecule has 0 unspecified atom stereocenters. The van der Waals surface area contributed by atoms with Crippen molar-refractivity contribution in [3.05, 3.63) is 41.5 Å². The van der Waals surface area contributed by atoms with Gasteiger partial charge in [0.25, 0.3) is 0 Å². The third-order valence-electron chi connectivity index (χ3n) is 2.21. The number of benzene rings is 1. The molecule has 0 saturated heterocycles. The minimum Gasteiger partial charge on any atom is -0.330 e. The van der Waals surface area contributed by atoms with Crippen LogP contribution in [0.4, 0.5) is 0 Å². The molecule has 2 N–H and O–H groups in total. The minimum absolute atomic E-state index is 0.713. The van der Waals surface area contributed by atoms with Crippen LogP contribution in [0.1, 0.15) is 25.3 Å². The first-order valence-corrected chi connectivity index (χ1v) is 5.72. The largest absolute Gasteiger partial charge is 0.330 e. The third kappa shape index (κ3) is 2.96. The molecular weight excluding hydrogens is 238 g/mol. The maximum absolute atomic E-state index is 5.57. The van der Waals surface area contributed by atoms with Gasteiger partial charge in [-0.3, -0.25) is 0 Å². The number of hydrogen-bond donors (Lipinski definition) is 1. The molecule has 0 radical (unpaired) electrons. The lowest BCUT2D eigenvalue weighted by Gasteiger charge is -2.07. The lowest BCUT2D eigenvalue weighted by Crippen LogP contribution is -2.00. The average Bonchev–Trinajstić information content (AvgIpc) is 2.26. The van der Waals surface area contributed by atoms with E-state index in [1.807, 2.05) is 18.2 Å². The van der Waals surface area contributed by atoms with Gasteiger partial charge in [-0.15, -0.1) is 0 Å². The second-order valence-corrected chi connectivity index (χ2v) is 3.97. The Morgan fingerprint density at radius 1 is 1.29 bits per heavy atom. The summed E-state index contributed by atoms with van der Waals surface area (Å²) in [7, 11) is 0. The normalized spacial score (nSPS) is 12.5. The molecule has 0 spiro atoms.